The molecule has 0 unspecified atom stereocenters. The summed E-state index contributed by atoms with van der Waals surface area (Å²) in [5.74, 6) is 1.14. The van der Waals surface area contributed by atoms with Crippen LogP contribution in [0, 0.1) is 0 Å². The number of carbonyl (C=O) groups is 1. The van der Waals surface area contributed by atoms with E-state index in [0.717, 1.165) is 37.6 Å². The van der Waals surface area contributed by atoms with Crippen LogP contribution in [-0.4, -0.2) is 48.2 Å². The van der Waals surface area contributed by atoms with Gasteiger partial charge in [0.25, 0.3) is 0 Å². The lowest BCUT2D eigenvalue weighted by molar-refractivity contribution is -0.129. The third kappa shape index (κ3) is 3.67. The highest BCUT2D eigenvalue weighted by molar-refractivity contribution is 7.98. The fourth-order valence-electron chi connectivity index (χ4n) is 2.80. The van der Waals surface area contributed by atoms with Gasteiger partial charge in [0.05, 0.1) is 0 Å². The van der Waals surface area contributed by atoms with Gasteiger partial charge in [-0.3, -0.25) is 4.79 Å². The number of pyridine rings is 1. The summed E-state index contributed by atoms with van der Waals surface area (Å²) in [7, 11) is 0. The molecule has 0 aliphatic carbocycles. The summed E-state index contributed by atoms with van der Waals surface area (Å²) >= 11 is 1.75. The predicted octanol–water partition coefficient (Wildman–Crippen LogP) is 3.14. The molecular weight excluding hydrogens is 306 g/mol. The van der Waals surface area contributed by atoms with E-state index in [1.165, 1.54) is 10.5 Å². The lowest BCUT2D eigenvalue weighted by Gasteiger charge is -2.34. The van der Waals surface area contributed by atoms with Crippen molar-refractivity contribution in [1.82, 2.24) is 9.88 Å². The van der Waals surface area contributed by atoms with Gasteiger partial charge in [-0.05, 0) is 36.1 Å². The topological polar surface area (TPSA) is 36.4 Å². The Kier molecular flexibility index (Phi) is 4.86. The highest BCUT2D eigenvalue weighted by atomic mass is 32.2. The Labute approximate surface area is 141 Å². The van der Waals surface area contributed by atoms with Crippen LogP contribution in [0.25, 0.3) is 11.1 Å². The van der Waals surface area contributed by atoms with E-state index in [1.54, 1.807) is 18.7 Å². The second-order valence-corrected chi connectivity index (χ2v) is 6.51. The van der Waals surface area contributed by atoms with Gasteiger partial charge < -0.3 is 9.80 Å². The van der Waals surface area contributed by atoms with E-state index < -0.39 is 0 Å². The lowest BCUT2D eigenvalue weighted by Crippen LogP contribution is -2.48. The van der Waals surface area contributed by atoms with Gasteiger partial charge in [0.15, 0.2) is 0 Å². The summed E-state index contributed by atoms with van der Waals surface area (Å²) in [5, 5.41) is 0. The van der Waals surface area contributed by atoms with Crippen LogP contribution in [0.4, 0.5) is 5.82 Å². The number of anilines is 1. The Bertz CT molecular complexity index is 679. The standard InChI is InChI=1S/C18H21N3OS/c1-14(22)20-8-10-21(11-9-20)18-7-6-16(13-19-18)15-4-3-5-17(12-15)23-2/h3-7,12-13H,8-11H2,1-2H3. The largest absolute Gasteiger partial charge is 0.353 e. The molecule has 1 aromatic carbocycles. The second-order valence-electron chi connectivity index (χ2n) is 5.63. The number of hydrogen-bond donors (Lipinski definition) is 0. The number of amides is 1. The van der Waals surface area contributed by atoms with Crippen LogP contribution in [0.2, 0.25) is 0 Å². The van der Waals surface area contributed by atoms with E-state index in [0.29, 0.717) is 0 Å². The third-order valence-corrected chi connectivity index (χ3v) is 4.93. The minimum atomic E-state index is 0.154. The Balaban J connectivity index is 1.71. The quantitative estimate of drug-likeness (QED) is 0.812. The Morgan fingerprint density at radius 2 is 1.87 bits per heavy atom. The molecule has 1 aromatic heterocycles. The molecule has 2 aromatic rings. The average Bonchev–Trinajstić information content (AvgIpc) is 2.62. The molecule has 3 rings (SSSR count). The maximum absolute atomic E-state index is 11.4. The zero-order valence-corrected chi connectivity index (χ0v) is 14.3. The molecule has 1 saturated heterocycles. The number of hydrogen-bond acceptors (Lipinski definition) is 4. The maximum Gasteiger partial charge on any atom is 0.219 e. The SMILES string of the molecule is CSc1cccc(-c2ccc(N3CCN(C(C)=O)CC3)nc2)c1. The van der Waals surface area contributed by atoms with Crippen LogP contribution in [0.5, 0.6) is 0 Å². The minimum absolute atomic E-state index is 0.154. The molecule has 5 heteroatoms. The van der Waals surface area contributed by atoms with Crippen LogP contribution in [-0.2, 0) is 4.79 Å². The minimum Gasteiger partial charge on any atom is -0.353 e. The molecule has 120 valence electrons. The number of benzene rings is 1. The Hall–Kier alpha value is -2.01. The molecule has 0 bridgehead atoms. The van der Waals surface area contributed by atoms with Gasteiger partial charge in [0.2, 0.25) is 5.91 Å². The molecule has 1 fully saturated rings. The van der Waals surface area contributed by atoms with Crippen LogP contribution in [0.3, 0.4) is 0 Å². The van der Waals surface area contributed by atoms with Gasteiger partial charge in [-0.15, -0.1) is 11.8 Å². The molecule has 1 aliphatic heterocycles. The highest BCUT2D eigenvalue weighted by Gasteiger charge is 2.19. The first kappa shape index (κ1) is 15.9. The van der Waals surface area contributed by atoms with Gasteiger partial charge in [0.1, 0.15) is 5.82 Å². The van der Waals surface area contributed by atoms with E-state index in [4.69, 9.17) is 0 Å². The summed E-state index contributed by atoms with van der Waals surface area (Å²) in [6.07, 6.45) is 4.02. The average molecular weight is 327 g/mol. The van der Waals surface area contributed by atoms with Crippen molar-refractivity contribution in [3.05, 3.63) is 42.6 Å². The first-order chi connectivity index (χ1) is 11.2. The summed E-state index contributed by atoms with van der Waals surface area (Å²) in [4.78, 5) is 21.4. The van der Waals surface area contributed by atoms with Crippen molar-refractivity contribution in [1.29, 1.82) is 0 Å². The van der Waals surface area contributed by atoms with Crippen molar-refractivity contribution in [2.75, 3.05) is 37.3 Å². The molecule has 0 atom stereocenters. The van der Waals surface area contributed by atoms with E-state index in [2.05, 4.69) is 52.5 Å². The first-order valence-corrected chi connectivity index (χ1v) is 9.01. The zero-order valence-electron chi connectivity index (χ0n) is 13.5. The van der Waals surface area contributed by atoms with Gasteiger partial charge in [-0.2, -0.15) is 0 Å². The van der Waals surface area contributed by atoms with Crippen molar-refractivity contribution in [2.24, 2.45) is 0 Å². The van der Waals surface area contributed by atoms with E-state index >= 15 is 0 Å². The number of aromatic nitrogens is 1. The Morgan fingerprint density at radius 3 is 2.48 bits per heavy atom. The number of nitrogens with zero attached hydrogens (tertiary/aromatic N) is 3. The molecule has 0 N–H and O–H groups in total. The van der Waals surface area contributed by atoms with Gasteiger partial charge >= 0.3 is 0 Å². The zero-order chi connectivity index (χ0) is 16.2. The van der Waals surface area contributed by atoms with Crippen molar-refractivity contribution < 1.29 is 4.79 Å². The van der Waals surface area contributed by atoms with Gasteiger partial charge in [0, 0.05) is 49.8 Å². The van der Waals surface area contributed by atoms with E-state index in [1.807, 2.05) is 11.1 Å². The third-order valence-electron chi connectivity index (χ3n) is 4.20. The molecule has 0 spiro atoms. The Morgan fingerprint density at radius 1 is 1.09 bits per heavy atom. The summed E-state index contributed by atoms with van der Waals surface area (Å²) in [6.45, 7) is 4.86. The number of piperazine rings is 1. The number of thioether (sulfide) groups is 1. The van der Waals surface area contributed by atoms with Crippen molar-refractivity contribution >= 4 is 23.5 Å². The van der Waals surface area contributed by atoms with Crippen LogP contribution in [0.1, 0.15) is 6.92 Å². The predicted molar refractivity (Wildman–Crippen MR) is 95.9 cm³/mol. The van der Waals surface area contributed by atoms with Crippen molar-refractivity contribution in [3.63, 3.8) is 0 Å². The molecule has 2 heterocycles. The lowest BCUT2D eigenvalue weighted by atomic mass is 10.1. The second kappa shape index (κ2) is 7.04. The molecule has 0 saturated carbocycles. The van der Waals surface area contributed by atoms with Gasteiger partial charge in [-0.25, -0.2) is 4.98 Å². The van der Waals surface area contributed by atoms with Gasteiger partial charge in [-0.1, -0.05) is 12.1 Å². The number of rotatable bonds is 3. The highest BCUT2D eigenvalue weighted by Crippen LogP contribution is 2.25. The van der Waals surface area contributed by atoms with Crippen LogP contribution in [0.15, 0.2) is 47.5 Å². The van der Waals surface area contributed by atoms with Crippen molar-refractivity contribution in [3.8, 4) is 11.1 Å². The van der Waals surface area contributed by atoms with Crippen molar-refractivity contribution in [2.45, 2.75) is 11.8 Å². The summed E-state index contributed by atoms with van der Waals surface area (Å²) < 4.78 is 0. The summed E-state index contributed by atoms with van der Waals surface area (Å²) in [5.41, 5.74) is 2.32. The fraction of sp³-hybridized carbons (Fsp3) is 0.333. The molecule has 1 amide bonds. The monoisotopic (exact) mass is 327 g/mol. The fourth-order valence-corrected chi connectivity index (χ4v) is 3.26. The smallest absolute Gasteiger partial charge is 0.219 e. The first-order valence-electron chi connectivity index (χ1n) is 7.78. The van der Waals surface area contributed by atoms with Crippen LogP contribution < -0.4 is 4.90 Å². The molecule has 23 heavy (non-hydrogen) atoms. The molecule has 1 aliphatic rings. The number of carbonyl (C=O) groups excluding carboxylic acids is 1. The summed E-state index contributed by atoms with van der Waals surface area (Å²) in [6, 6.07) is 12.7. The molecule has 0 radical (unpaired) electrons. The normalized spacial score (nSPS) is 14.9. The van der Waals surface area contributed by atoms with E-state index in [9.17, 15) is 4.79 Å². The maximum atomic E-state index is 11.4. The molecule has 4 nitrogen and oxygen atoms in total. The van der Waals surface area contributed by atoms with Crippen LogP contribution >= 0.6 is 11.8 Å². The molecular formula is C18H21N3OS. The van der Waals surface area contributed by atoms with E-state index in [-0.39, 0.29) is 5.91 Å².